The minimum Gasteiger partial charge on any atom is -0.477 e. The smallest absolute Gasteiger partial charge is 0.361 e. The third kappa shape index (κ3) is 85.3. The van der Waals surface area contributed by atoms with Gasteiger partial charge in [-0.15, -0.1) is 0 Å². The highest BCUT2D eigenvalue weighted by molar-refractivity contribution is 5.71. The third-order valence-electron chi connectivity index (χ3n) is 17.8. The van der Waals surface area contributed by atoms with E-state index in [1.807, 2.05) is 21.1 Å². The standard InChI is InChI=1S/C96H157NO8/c1-6-8-10-12-14-16-18-20-22-24-26-28-30-32-34-36-38-40-42-44-46-47-49-51-53-55-57-59-61-63-65-67-69-71-73-75-77-79-81-83-85-87-94(99)105-92(91-104-96(95(100)101)102-89-88-97(3,4)5)90-103-93(98)86-84-82-80-78-76-74-72-70-68-66-64-62-60-58-56-54-52-50-48-45-43-41-39-37-35-33-31-29-27-25-23-21-19-17-15-13-11-9-7-2/h8-11,14-17,20-23,26-29,32-35,38-41,44-46,48-49,51,55,57,92,96H,6-7,12-13,18-19,24-25,30-31,36-37,42-43,47,50,52-54,56,58-91H2,1-5H3/p+1/b10-8-,11-9-,16-14-,17-15-,22-20-,23-21-,28-26-,29-27-,34-32-,35-33-,40-38-,41-39-,46-44-,48-45-,51-49-,57-55-. The molecule has 1 N–H and O–H groups in total. The van der Waals surface area contributed by atoms with Gasteiger partial charge in [-0.05, 0) is 141 Å². The Bertz CT molecular complexity index is 2450. The van der Waals surface area contributed by atoms with Gasteiger partial charge in [-0.1, -0.05) is 375 Å². The van der Waals surface area contributed by atoms with Gasteiger partial charge in [-0.25, -0.2) is 4.79 Å². The molecule has 0 rings (SSSR count). The van der Waals surface area contributed by atoms with Crippen LogP contribution in [0.5, 0.6) is 0 Å². The molecule has 0 amide bonds. The van der Waals surface area contributed by atoms with Gasteiger partial charge in [0.25, 0.3) is 6.29 Å². The maximum absolute atomic E-state index is 13.0. The van der Waals surface area contributed by atoms with Crippen molar-refractivity contribution in [2.24, 2.45) is 0 Å². The molecule has 0 bridgehead atoms. The maximum Gasteiger partial charge on any atom is 0.361 e. The van der Waals surface area contributed by atoms with Crippen molar-refractivity contribution in [2.45, 2.75) is 347 Å². The first kappa shape index (κ1) is 99.1. The second-order valence-electron chi connectivity index (χ2n) is 29.0. The number of carboxylic acids is 1. The number of unbranched alkanes of at least 4 members (excludes halogenated alkanes) is 30. The van der Waals surface area contributed by atoms with Gasteiger partial charge in [0.05, 0.1) is 34.4 Å². The molecule has 0 fully saturated rings. The van der Waals surface area contributed by atoms with E-state index in [0.29, 0.717) is 23.9 Å². The van der Waals surface area contributed by atoms with Crippen LogP contribution < -0.4 is 0 Å². The number of hydrogen-bond acceptors (Lipinski definition) is 7. The summed E-state index contributed by atoms with van der Waals surface area (Å²) in [5.74, 6) is -2.01. The largest absolute Gasteiger partial charge is 0.477 e. The van der Waals surface area contributed by atoms with Crippen LogP contribution >= 0.6 is 0 Å². The molecule has 0 aromatic carbocycles. The van der Waals surface area contributed by atoms with Gasteiger partial charge in [0.15, 0.2) is 6.10 Å². The number of esters is 2. The first-order chi connectivity index (χ1) is 51.6. The molecular weight excluding hydrogens is 1300 g/mol. The van der Waals surface area contributed by atoms with E-state index in [4.69, 9.17) is 18.9 Å². The molecule has 0 spiro atoms. The van der Waals surface area contributed by atoms with Crippen molar-refractivity contribution in [3.63, 3.8) is 0 Å². The van der Waals surface area contributed by atoms with Crippen molar-refractivity contribution in [2.75, 3.05) is 47.5 Å². The van der Waals surface area contributed by atoms with Crippen LogP contribution in [0.4, 0.5) is 0 Å². The Morgan fingerprint density at radius 3 is 0.762 bits per heavy atom. The van der Waals surface area contributed by atoms with Crippen LogP contribution in [-0.4, -0.2) is 87.4 Å². The average Bonchev–Trinajstić information content (AvgIpc) is 1.18. The lowest BCUT2D eigenvalue weighted by Crippen LogP contribution is -2.40. The Kier molecular flexibility index (Phi) is 79.1. The fraction of sp³-hybridized carbons (Fsp3) is 0.635. The van der Waals surface area contributed by atoms with Gasteiger partial charge < -0.3 is 28.5 Å². The molecule has 0 aliphatic heterocycles. The van der Waals surface area contributed by atoms with Gasteiger partial charge in [0, 0.05) is 12.8 Å². The number of hydrogen-bond donors (Lipinski definition) is 1. The highest BCUT2D eigenvalue weighted by atomic mass is 16.7. The van der Waals surface area contributed by atoms with Crippen molar-refractivity contribution in [1.29, 1.82) is 0 Å². The zero-order valence-corrected chi connectivity index (χ0v) is 68.1. The van der Waals surface area contributed by atoms with Gasteiger partial charge in [-0.3, -0.25) is 9.59 Å². The summed E-state index contributed by atoms with van der Waals surface area (Å²) in [7, 11) is 5.98. The highest BCUT2D eigenvalue weighted by Gasteiger charge is 2.25. The quantitative estimate of drug-likeness (QED) is 0.0211. The van der Waals surface area contributed by atoms with E-state index in [1.165, 1.54) is 161 Å². The van der Waals surface area contributed by atoms with E-state index in [9.17, 15) is 19.5 Å². The molecule has 594 valence electrons. The van der Waals surface area contributed by atoms with E-state index in [-0.39, 0.29) is 32.2 Å². The fourth-order valence-corrected chi connectivity index (χ4v) is 11.5. The lowest BCUT2D eigenvalue weighted by atomic mass is 10.0. The summed E-state index contributed by atoms with van der Waals surface area (Å²) < 4.78 is 23.1. The Morgan fingerprint density at radius 1 is 0.286 bits per heavy atom. The minimum atomic E-state index is -1.52. The highest BCUT2D eigenvalue weighted by Crippen LogP contribution is 2.18. The Hall–Kier alpha value is -5.87. The van der Waals surface area contributed by atoms with Crippen molar-refractivity contribution in [3.05, 3.63) is 194 Å². The second-order valence-corrected chi connectivity index (χ2v) is 29.0. The van der Waals surface area contributed by atoms with Gasteiger partial charge in [0.2, 0.25) is 0 Å². The average molecular weight is 1450 g/mol. The summed E-state index contributed by atoms with van der Waals surface area (Å²) in [5, 5.41) is 9.79. The third-order valence-corrected chi connectivity index (χ3v) is 17.8. The summed E-state index contributed by atoms with van der Waals surface area (Å²) in [4.78, 5) is 37.8. The second kappa shape index (κ2) is 83.8. The van der Waals surface area contributed by atoms with Crippen molar-refractivity contribution in [1.82, 2.24) is 0 Å². The molecule has 0 aliphatic carbocycles. The Balaban J connectivity index is 4.05. The van der Waals surface area contributed by atoms with Crippen molar-refractivity contribution in [3.8, 4) is 0 Å². The molecule has 2 atom stereocenters. The minimum absolute atomic E-state index is 0.181. The summed E-state index contributed by atoms with van der Waals surface area (Å²) in [6.07, 6.45) is 126. The Morgan fingerprint density at radius 2 is 0.514 bits per heavy atom. The van der Waals surface area contributed by atoms with Crippen LogP contribution in [-0.2, 0) is 33.3 Å². The number of ether oxygens (including phenoxy) is 4. The van der Waals surface area contributed by atoms with Crippen LogP contribution in [0.3, 0.4) is 0 Å². The van der Waals surface area contributed by atoms with E-state index < -0.39 is 24.3 Å². The topological polar surface area (TPSA) is 108 Å². The maximum atomic E-state index is 13.0. The SMILES string of the molecule is CC/C=C\C/C=C\C/C=C\C/C=C\C/C=C\C/C=C\C/C=C\C/C=C\C/C=C\CCCCCCCCCCCCCCCC(=O)OC(COC(=O)CCCCCCCCCCCCCCCCCCC/C=C\C/C=C\C/C=C\C/C=C\C/C=C\C/C=C\C/C=C\CC)COC(OCC[N+](C)(C)C)C(=O)O. The molecule has 9 nitrogen and oxygen atoms in total. The number of carboxylic acid groups (broad SMARTS) is 1. The summed E-state index contributed by atoms with van der Waals surface area (Å²) in [5.41, 5.74) is 0. The molecule has 0 aromatic heterocycles. The predicted octanol–water partition coefficient (Wildman–Crippen LogP) is 28.0. The molecular formula is C96H158NO8+. The number of carbonyl (C=O) groups excluding carboxylic acids is 2. The molecule has 105 heavy (non-hydrogen) atoms. The number of nitrogens with zero attached hydrogens (tertiary/aromatic N) is 1. The molecule has 9 heteroatoms. The number of aliphatic carboxylic acids is 1. The number of rotatable bonds is 77. The van der Waals surface area contributed by atoms with Crippen LogP contribution in [0.15, 0.2) is 194 Å². The molecule has 0 saturated carbocycles. The number of allylic oxidation sites excluding steroid dienone is 32. The normalized spacial score (nSPS) is 13.6. The summed E-state index contributed by atoms with van der Waals surface area (Å²) in [6, 6.07) is 0. The number of carbonyl (C=O) groups is 3. The Labute approximate surface area is 646 Å². The van der Waals surface area contributed by atoms with Gasteiger partial charge >= 0.3 is 17.9 Å². The fourth-order valence-electron chi connectivity index (χ4n) is 11.5. The van der Waals surface area contributed by atoms with E-state index >= 15 is 0 Å². The lowest BCUT2D eigenvalue weighted by Gasteiger charge is -2.25. The lowest BCUT2D eigenvalue weighted by molar-refractivity contribution is -0.870. The van der Waals surface area contributed by atoms with Crippen LogP contribution in [0.25, 0.3) is 0 Å². The molecule has 0 heterocycles. The van der Waals surface area contributed by atoms with Gasteiger partial charge in [-0.2, -0.15) is 0 Å². The van der Waals surface area contributed by atoms with E-state index in [2.05, 4.69) is 208 Å². The first-order valence-corrected chi connectivity index (χ1v) is 42.6. The number of quaternary nitrogens is 1. The zero-order chi connectivity index (χ0) is 76.0. The summed E-state index contributed by atoms with van der Waals surface area (Å²) in [6.45, 7) is 4.66. The molecule has 0 saturated heterocycles. The number of likely N-dealkylation sites (N-methyl/N-ethyl adjacent to an activating group) is 1. The zero-order valence-electron chi connectivity index (χ0n) is 68.1. The van der Waals surface area contributed by atoms with Crippen molar-refractivity contribution >= 4 is 17.9 Å². The molecule has 2 unspecified atom stereocenters. The summed E-state index contributed by atoms with van der Waals surface area (Å²) >= 11 is 0. The van der Waals surface area contributed by atoms with E-state index in [0.717, 1.165) is 141 Å². The predicted molar refractivity (Wildman–Crippen MR) is 456 cm³/mol. The van der Waals surface area contributed by atoms with Crippen LogP contribution in [0.1, 0.15) is 335 Å². The molecule has 0 radical (unpaired) electrons. The van der Waals surface area contributed by atoms with Crippen LogP contribution in [0.2, 0.25) is 0 Å². The molecule has 0 aliphatic rings. The van der Waals surface area contributed by atoms with Crippen LogP contribution in [0, 0.1) is 0 Å². The first-order valence-electron chi connectivity index (χ1n) is 42.6. The van der Waals surface area contributed by atoms with E-state index in [1.54, 1.807) is 0 Å². The van der Waals surface area contributed by atoms with Crippen molar-refractivity contribution < 1.29 is 42.9 Å². The van der Waals surface area contributed by atoms with Gasteiger partial charge in [0.1, 0.15) is 13.2 Å². The molecule has 0 aromatic rings. The monoisotopic (exact) mass is 1450 g/mol.